The summed E-state index contributed by atoms with van der Waals surface area (Å²) in [6.45, 7) is 1.71. The Morgan fingerprint density at radius 3 is 2.10 bits per heavy atom. The Bertz CT molecular complexity index is 185. The summed E-state index contributed by atoms with van der Waals surface area (Å²) in [5, 5.41) is 8.54. The average molecular weight is 143 g/mol. The summed E-state index contributed by atoms with van der Waals surface area (Å²) in [4.78, 5) is 21.0. The minimum Gasteiger partial charge on any atom is -0.480 e. The lowest BCUT2D eigenvalue weighted by atomic mass is 10.0. The summed E-state index contributed by atoms with van der Waals surface area (Å²) in [5.74, 6) is -1.90. The number of carbonyl (C=O) groups is 2. The lowest BCUT2D eigenvalue weighted by Crippen LogP contribution is -2.33. The first-order chi connectivity index (χ1) is 4.51. The van der Waals surface area contributed by atoms with Gasteiger partial charge in [0.05, 0.1) is 0 Å². The highest BCUT2D eigenvalue weighted by Gasteiger charge is 2.62. The van der Waals surface area contributed by atoms with Crippen molar-refractivity contribution < 1.29 is 14.7 Å². The number of carboxylic acid groups (broad SMARTS) is 1. The van der Waals surface area contributed by atoms with Crippen LogP contribution in [0.2, 0.25) is 0 Å². The van der Waals surface area contributed by atoms with Gasteiger partial charge in [-0.3, -0.25) is 9.59 Å². The highest BCUT2D eigenvalue weighted by atomic mass is 16.4. The molecule has 1 fully saturated rings. The van der Waals surface area contributed by atoms with E-state index in [0.717, 1.165) is 0 Å². The molecule has 0 saturated heterocycles. The number of hydrogen-bond acceptors (Lipinski definition) is 2. The molecule has 56 valence electrons. The van der Waals surface area contributed by atoms with E-state index in [0.29, 0.717) is 6.42 Å². The highest BCUT2D eigenvalue weighted by Crippen LogP contribution is 2.52. The fourth-order valence-electron chi connectivity index (χ4n) is 1.17. The van der Waals surface area contributed by atoms with Gasteiger partial charge in [-0.05, 0) is 12.3 Å². The fourth-order valence-corrected chi connectivity index (χ4v) is 1.17. The zero-order valence-electron chi connectivity index (χ0n) is 5.63. The summed E-state index contributed by atoms with van der Waals surface area (Å²) < 4.78 is 0. The van der Waals surface area contributed by atoms with Gasteiger partial charge in [-0.25, -0.2) is 0 Å². The molecule has 3 N–H and O–H groups in total. The van der Waals surface area contributed by atoms with Crippen LogP contribution in [-0.2, 0) is 9.59 Å². The van der Waals surface area contributed by atoms with E-state index in [1.165, 1.54) is 0 Å². The molecule has 0 spiro atoms. The van der Waals surface area contributed by atoms with Gasteiger partial charge < -0.3 is 10.8 Å². The molecular weight excluding hydrogens is 134 g/mol. The van der Waals surface area contributed by atoms with Gasteiger partial charge in [-0.15, -0.1) is 0 Å². The molecule has 0 radical (unpaired) electrons. The van der Waals surface area contributed by atoms with Crippen LogP contribution in [-0.4, -0.2) is 17.0 Å². The summed E-state index contributed by atoms with van der Waals surface area (Å²) in [7, 11) is 0. The molecule has 0 aromatic heterocycles. The van der Waals surface area contributed by atoms with Crippen LogP contribution in [0.3, 0.4) is 0 Å². The Kier molecular flexibility index (Phi) is 1.21. The lowest BCUT2D eigenvalue weighted by Gasteiger charge is -2.03. The predicted molar refractivity (Wildman–Crippen MR) is 33.0 cm³/mol. The minimum absolute atomic E-state index is 0.0949. The second-order valence-electron chi connectivity index (χ2n) is 2.75. The van der Waals surface area contributed by atoms with Crippen LogP contribution in [0.1, 0.15) is 13.3 Å². The third kappa shape index (κ3) is 0.616. The molecule has 1 amide bonds. The second kappa shape index (κ2) is 1.71. The van der Waals surface area contributed by atoms with Crippen LogP contribution in [0.15, 0.2) is 0 Å². The van der Waals surface area contributed by atoms with E-state index < -0.39 is 17.3 Å². The standard InChI is InChI=1S/C6H9NO3/c1-3-2-6(3,4(7)8)5(9)10/h3H,2H2,1H3,(H2,7,8)(H,9,10)/t3-,6-/m1/s1. The van der Waals surface area contributed by atoms with Crippen molar-refractivity contribution in [3.05, 3.63) is 0 Å². The topological polar surface area (TPSA) is 80.4 Å². The fraction of sp³-hybridized carbons (Fsp3) is 0.667. The molecule has 1 saturated carbocycles. The van der Waals surface area contributed by atoms with Crippen molar-refractivity contribution in [2.24, 2.45) is 17.1 Å². The molecule has 0 bridgehead atoms. The smallest absolute Gasteiger partial charge is 0.319 e. The SMILES string of the molecule is C[C@@H]1C[C@@]1(C(N)=O)C(=O)O. The summed E-state index contributed by atoms with van der Waals surface area (Å²) in [6.07, 6.45) is 0.387. The molecule has 1 aliphatic rings. The normalized spacial score (nSPS) is 37.1. The molecule has 0 aromatic carbocycles. The Morgan fingerprint density at radius 2 is 2.10 bits per heavy atom. The number of amides is 1. The Hall–Kier alpha value is -1.06. The number of aliphatic carboxylic acids is 1. The molecule has 1 aliphatic carbocycles. The zero-order valence-corrected chi connectivity index (χ0v) is 5.63. The highest BCUT2D eigenvalue weighted by molar-refractivity contribution is 6.04. The molecule has 0 heterocycles. The van der Waals surface area contributed by atoms with Crippen LogP contribution in [0, 0.1) is 11.3 Å². The number of nitrogens with two attached hydrogens (primary N) is 1. The first-order valence-corrected chi connectivity index (χ1v) is 3.05. The minimum atomic E-state index is -1.24. The van der Waals surface area contributed by atoms with Gasteiger partial charge in [0.25, 0.3) is 0 Å². The third-order valence-electron chi connectivity index (χ3n) is 2.13. The van der Waals surface area contributed by atoms with Crippen LogP contribution in [0.5, 0.6) is 0 Å². The van der Waals surface area contributed by atoms with Crippen molar-refractivity contribution in [2.75, 3.05) is 0 Å². The molecular formula is C6H9NO3. The van der Waals surface area contributed by atoms with Crippen LogP contribution in [0.25, 0.3) is 0 Å². The van der Waals surface area contributed by atoms with E-state index in [1.54, 1.807) is 6.92 Å². The number of carbonyl (C=O) groups excluding carboxylic acids is 1. The molecule has 0 unspecified atom stereocenters. The van der Waals surface area contributed by atoms with Crippen molar-refractivity contribution in [1.82, 2.24) is 0 Å². The number of hydrogen-bond donors (Lipinski definition) is 2. The largest absolute Gasteiger partial charge is 0.480 e. The first kappa shape index (κ1) is 7.05. The number of rotatable bonds is 2. The molecule has 4 nitrogen and oxygen atoms in total. The summed E-state index contributed by atoms with van der Waals surface area (Å²) >= 11 is 0. The number of primary amides is 1. The first-order valence-electron chi connectivity index (χ1n) is 3.05. The van der Waals surface area contributed by atoms with Gasteiger partial charge in [0.15, 0.2) is 0 Å². The third-order valence-corrected chi connectivity index (χ3v) is 2.13. The zero-order chi connectivity index (χ0) is 7.94. The van der Waals surface area contributed by atoms with Crippen molar-refractivity contribution in [3.63, 3.8) is 0 Å². The van der Waals surface area contributed by atoms with Crippen molar-refractivity contribution >= 4 is 11.9 Å². The van der Waals surface area contributed by atoms with Crippen LogP contribution < -0.4 is 5.73 Å². The average Bonchev–Trinajstić information content (AvgIpc) is 2.42. The Morgan fingerprint density at radius 1 is 1.70 bits per heavy atom. The van der Waals surface area contributed by atoms with Crippen LogP contribution >= 0.6 is 0 Å². The second-order valence-corrected chi connectivity index (χ2v) is 2.75. The van der Waals surface area contributed by atoms with Gasteiger partial charge in [-0.1, -0.05) is 6.92 Å². The Labute approximate surface area is 58.0 Å². The Balaban J connectivity index is 2.83. The van der Waals surface area contributed by atoms with E-state index in [4.69, 9.17) is 10.8 Å². The van der Waals surface area contributed by atoms with Crippen molar-refractivity contribution in [2.45, 2.75) is 13.3 Å². The van der Waals surface area contributed by atoms with E-state index in [9.17, 15) is 9.59 Å². The van der Waals surface area contributed by atoms with E-state index in [-0.39, 0.29) is 5.92 Å². The number of carboxylic acids is 1. The molecule has 4 heteroatoms. The quantitative estimate of drug-likeness (QED) is 0.515. The summed E-state index contributed by atoms with van der Waals surface area (Å²) in [6, 6.07) is 0. The molecule has 10 heavy (non-hydrogen) atoms. The van der Waals surface area contributed by atoms with Gasteiger partial charge in [0.2, 0.25) is 5.91 Å². The molecule has 1 rings (SSSR count). The van der Waals surface area contributed by atoms with E-state index >= 15 is 0 Å². The predicted octanol–water partition coefficient (Wildman–Crippen LogP) is -0.418. The van der Waals surface area contributed by atoms with E-state index in [2.05, 4.69) is 0 Å². The van der Waals surface area contributed by atoms with Crippen LogP contribution in [0.4, 0.5) is 0 Å². The van der Waals surface area contributed by atoms with Gasteiger partial charge in [0.1, 0.15) is 5.41 Å². The van der Waals surface area contributed by atoms with Gasteiger partial charge >= 0.3 is 5.97 Å². The summed E-state index contributed by atoms with van der Waals surface area (Å²) in [5.41, 5.74) is 3.67. The van der Waals surface area contributed by atoms with Crippen molar-refractivity contribution in [1.29, 1.82) is 0 Å². The maximum Gasteiger partial charge on any atom is 0.319 e. The van der Waals surface area contributed by atoms with Gasteiger partial charge in [-0.2, -0.15) is 0 Å². The van der Waals surface area contributed by atoms with Crippen molar-refractivity contribution in [3.8, 4) is 0 Å². The maximum absolute atomic E-state index is 10.6. The molecule has 0 aromatic rings. The monoisotopic (exact) mass is 143 g/mol. The van der Waals surface area contributed by atoms with E-state index in [1.807, 2.05) is 0 Å². The maximum atomic E-state index is 10.6. The lowest BCUT2D eigenvalue weighted by molar-refractivity contribution is -0.148. The van der Waals surface area contributed by atoms with Gasteiger partial charge in [0, 0.05) is 0 Å². The molecule has 0 aliphatic heterocycles. The molecule has 2 atom stereocenters.